The van der Waals surface area contributed by atoms with Crippen molar-refractivity contribution >= 4 is 0 Å². The summed E-state index contributed by atoms with van der Waals surface area (Å²) in [5.41, 5.74) is 1.02. The summed E-state index contributed by atoms with van der Waals surface area (Å²) in [6, 6.07) is 5.82. The Labute approximate surface area is 97.6 Å². The average Bonchev–Trinajstić information content (AvgIpc) is 2.28. The quantitative estimate of drug-likeness (QED) is 0.703. The van der Waals surface area contributed by atoms with Gasteiger partial charge in [0.25, 0.3) is 0 Å². The van der Waals surface area contributed by atoms with E-state index in [4.69, 9.17) is 4.74 Å². The van der Waals surface area contributed by atoms with Crippen LogP contribution in [0.5, 0.6) is 5.88 Å². The number of pyridine rings is 1. The predicted molar refractivity (Wildman–Crippen MR) is 65.7 cm³/mol. The van der Waals surface area contributed by atoms with Gasteiger partial charge in [0.15, 0.2) is 0 Å². The van der Waals surface area contributed by atoms with Gasteiger partial charge in [-0.25, -0.2) is 4.98 Å². The van der Waals surface area contributed by atoms with Crippen LogP contribution in [-0.4, -0.2) is 44.2 Å². The van der Waals surface area contributed by atoms with Gasteiger partial charge in [-0.2, -0.15) is 0 Å². The number of rotatable bonds is 7. The van der Waals surface area contributed by atoms with Crippen molar-refractivity contribution in [2.45, 2.75) is 13.0 Å². The van der Waals surface area contributed by atoms with E-state index in [0.717, 1.165) is 31.7 Å². The van der Waals surface area contributed by atoms with E-state index in [1.807, 2.05) is 18.2 Å². The number of aromatic nitrogens is 1. The maximum absolute atomic E-state index is 5.07. The van der Waals surface area contributed by atoms with Crippen molar-refractivity contribution in [1.82, 2.24) is 15.2 Å². The van der Waals surface area contributed by atoms with Crippen molar-refractivity contribution in [3.8, 4) is 5.88 Å². The predicted octanol–water partition coefficient (Wildman–Crippen LogP) is 1.13. The summed E-state index contributed by atoms with van der Waals surface area (Å²) in [5.74, 6) is 0.674. The van der Waals surface area contributed by atoms with Crippen LogP contribution in [0.2, 0.25) is 0 Å². The van der Waals surface area contributed by atoms with Crippen molar-refractivity contribution in [2.75, 3.05) is 34.3 Å². The number of hydrogen-bond donors (Lipinski definition) is 1. The van der Waals surface area contributed by atoms with Crippen molar-refractivity contribution in [3.05, 3.63) is 23.9 Å². The second kappa shape index (κ2) is 7.19. The second-order valence-corrected chi connectivity index (χ2v) is 4.00. The van der Waals surface area contributed by atoms with Gasteiger partial charge in [-0.1, -0.05) is 6.07 Å². The Kier molecular flexibility index (Phi) is 5.82. The van der Waals surface area contributed by atoms with Crippen LogP contribution >= 0.6 is 0 Å². The van der Waals surface area contributed by atoms with Gasteiger partial charge >= 0.3 is 0 Å². The van der Waals surface area contributed by atoms with Gasteiger partial charge in [0.2, 0.25) is 5.88 Å². The molecule has 0 radical (unpaired) electrons. The summed E-state index contributed by atoms with van der Waals surface area (Å²) >= 11 is 0. The maximum Gasteiger partial charge on any atom is 0.213 e. The molecule has 0 aliphatic carbocycles. The standard InChI is InChI=1S/C12H21N3O/c1-15(2)9-5-8-13-10-11-6-4-7-12(14-11)16-3/h4,6-7,13H,5,8-10H2,1-3H3. The molecule has 4 heteroatoms. The van der Waals surface area contributed by atoms with Crippen LogP contribution in [0.25, 0.3) is 0 Å². The molecule has 0 atom stereocenters. The molecule has 0 saturated carbocycles. The third-order valence-corrected chi connectivity index (χ3v) is 2.26. The third-order valence-electron chi connectivity index (χ3n) is 2.26. The van der Waals surface area contributed by atoms with Crippen LogP contribution in [0.15, 0.2) is 18.2 Å². The third kappa shape index (κ3) is 5.09. The fraction of sp³-hybridized carbons (Fsp3) is 0.583. The summed E-state index contributed by atoms with van der Waals surface area (Å²) in [6.45, 7) is 2.92. The normalized spacial score (nSPS) is 10.8. The summed E-state index contributed by atoms with van der Waals surface area (Å²) in [5, 5.41) is 3.36. The van der Waals surface area contributed by atoms with Crippen molar-refractivity contribution in [3.63, 3.8) is 0 Å². The minimum Gasteiger partial charge on any atom is -0.481 e. The highest BCUT2D eigenvalue weighted by Gasteiger charge is 1.97. The average molecular weight is 223 g/mol. The zero-order valence-electron chi connectivity index (χ0n) is 10.4. The van der Waals surface area contributed by atoms with E-state index in [-0.39, 0.29) is 0 Å². The highest BCUT2D eigenvalue weighted by atomic mass is 16.5. The lowest BCUT2D eigenvalue weighted by molar-refractivity contribution is 0.390. The molecule has 0 aliphatic heterocycles. The van der Waals surface area contributed by atoms with E-state index >= 15 is 0 Å². The number of ether oxygens (including phenoxy) is 1. The number of nitrogens with zero attached hydrogens (tertiary/aromatic N) is 2. The fourth-order valence-corrected chi connectivity index (χ4v) is 1.41. The molecule has 1 aromatic heterocycles. The van der Waals surface area contributed by atoms with Gasteiger partial charge in [0.1, 0.15) is 0 Å². The van der Waals surface area contributed by atoms with E-state index < -0.39 is 0 Å². The Hall–Kier alpha value is -1.13. The lowest BCUT2D eigenvalue weighted by Crippen LogP contribution is -2.21. The highest BCUT2D eigenvalue weighted by molar-refractivity contribution is 5.15. The van der Waals surface area contributed by atoms with Gasteiger partial charge in [0.05, 0.1) is 12.8 Å². The monoisotopic (exact) mass is 223 g/mol. The van der Waals surface area contributed by atoms with Crippen LogP contribution < -0.4 is 10.1 Å². The SMILES string of the molecule is COc1cccc(CNCCCN(C)C)n1. The Balaban J connectivity index is 2.21. The van der Waals surface area contributed by atoms with E-state index in [0.29, 0.717) is 5.88 Å². The molecular weight excluding hydrogens is 202 g/mol. The molecule has 1 aromatic rings. The molecule has 0 fully saturated rings. The molecule has 0 amide bonds. The Morgan fingerprint density at radius 2 is 2.19 bits per heavy atom. The molecule has 0 aromatic carbocycles. The topological polar surface area (TPSA) is 37.4 Å². The van der Waals surface area contributed by atoms with Crippen molar-refractivity contribution in [1.29, 1.82) is 0 Å². The van der Waals surface area contributed by atoms with E-state index in [2.05, 4.69) is 29.3 Å². The molecule has 0 aliphatic rings. The Morgan fingerprint density at radius 3 is 2.88 bits per heavy atom. The first-order chi connectivity index (χ1) is 7.72. The van der Waals surface area contributed by atoms with Crippen LogP contribution in [0.4, 0.5) is 0 Å². The summed E-state index contributed by atoms with van der Waals surface area (Å²) in [4.78, 5) is 6.51. The fourth-order valence-electron chi connectivity index (χ4n) is 1.41. The molecule has 1 rings (SSSR count). The molecule has 1 N–H and O–H groups in total. The van der Waals surface area contributed by atoms with Gasteiger partial charge in [-0.15, -0.1) is 0 Å². The van der Waals surface area contributed by atoms with Crippen molar-refractivity contribution in [2.24, 2.45) is 0 Å². The minimum absolute atomic E-state index is 0.674. The first kappa shape index (κ1) is 12.9. The second-order valence-electron chi connectivity index (χ2n) is 4.00. The smallest absolute Gasteiger partial charge is 0.213 e. The lowest BCUT2D eigenvalue weighted by Gasteiger charge is -2.09. The summed E-state index contributed by atoms with van der Waals surface area (Å²) in [7, 11) is 5.81. The molecule has 0 saturated heterocycles. The number of hydrogen-bond acceptors (Lipinski definition) is 4. The molecule has 0 bridgehead atoms. The largest absolute Gasteiger partial charge is 0.481 e. The van der Waals surface area contributed by atoms with E-state index in [1.54, 1.807) is 7.11 Å². The van der Waals surface area contributed by atoms with Crippen LogP contribution in [0.3, 0.4) is 0 Å². The van der Waals surface area contributed by atoms with Gasteiger partial charge in [0, 0.05) is 12.6 Å². The van der Waals surface area contributed by atoms with Crippen molar-refractivity contribution < 1.29 is 4.74 Å². The van der Waals surface area contributed by atoms with E-state index in [1.165, 1.54) is 0 Å². The molecule has 16 heavy (non-hydrogen) atoms. The van der Waals surface area contributed by atoms with Gasteiger partial charge < -0.3 is 15.0 Å². The molecular formula is C12H21N3O. The highest BCUT2D eigenvalue weighted by Crippen LogP contribution is 2.05. The molecule has 1 heterocycles. The first-order valence-corrected chi connectivity index (χ1v) is 5.57. The van der Waals surface area contributed by atoms with Gasteiger partial charge in [-0.05, 0) is 39.7 Å². The molecule has 0 unspecified atom stereocenters. The lowest BCUT2D eigenvalue weighted by atomic mass is 10.3. The summed E-state index contributed by atoms with van der Waals surface area (Å²) < 4.78 is 5.07. The Bertz CT molecular complexity index is 302. The molecule has 4 nitrogen and oxygen atoms in total. The molecule has 0 spiro atoms. The zero-order chi connectivity index (χ0) is 11.8. The van der Waals surface area contributed by atoms with Crippen LogP contribution in [-0.2, 0) is 6.54 Å². The van der Waals surface area contributed by atoms with E-state index in [9.17, 15) is 0 Å². The molecule has 90 valence electrons. The van der Waals surface area contributed by atoms with Gasteiger partial charge in [-0.3, -0.25) is 0 Å². The Morgan fingerprint density at radius 1 is 1.38 bits per heavy atom. The first-order valence-electron chi connectivity index (χ1n) is 5.57. The zero-order valence-corrected chi connectivity index (χ0v) is 10.4. The van der Waals surface area contributed by atoms with Crippen LogP contribution in [0, 0.1) is 0 Å². The summed E-state index contributed by atoms with van der Waals surface area (Å²) in [6.07, 6.45) is 1.15. The maximum atomic E-state index is 5.07. The minimum atomic E-state index is 0.674. The van der Waals surface area contributed by atoms with Crippen LogP contribution in [0.1, 0.15) is 12.1 Å². The number of nitrogens with one attached hydrogen (secondary N) is 1. The number of methoxy groups -OCH3 is 1.